The molecule has 144 valence electrons. The minimum absolute atomic E-state index is 0.268. The van der Waals surface area contributed by atoms with E-state index in [2.05, 4.69) is 11.8 Å². The quantitative estimate of drug-likeness (QED) is 0.612. The highest BCUT2D eigenvalue weighted by molar-refractivity contribution is 7.80. The van der Waals surface area contributed by atoms with Gasteiger partial charge >= 0.3 is 0 Å². The van der Waals surface area contributed by atoms with Gasteiger partial charge in [-0.1, -0.05) is 42.9 Å². The average Bonchev–Trinajstić information content (AvgIpc) is 2.67. The fraction of sp³-hybridized carbons (Fsp3) is 0.381. The molecule has 0 amide bonds. The average molecular weight is 408 g/mol. The van der Waals surface area contributed by atoms with Gasteiger partial charge in [-0.2, -0.15) is 0 Å². The molecule has 1 aliphatic rings. The normalized spacial score (nSPS) is 14.9. The molecule has 0 atom stereocenters. The van der Waals surface area contributed by atoms with E-state index in [1.165, 1.54) is 12.1 Å². The SMILES string of the molecule is COc1cc(C(=S)N2CCC(C)CC2)cc(Cl)c1OCc1ccc(F)cc1. The maximum absolute atomic E-state index is 13.0. The Balaban J connectivity index is 1.76. The lowest BCUT2D eigenvalue weighted by molar-refractivity contribution is 0.282. The van der Waals surface area contributed by atoms with Gasteiger partial charge in [0.2, 0.25) is 0 Å². The van der Waals surface area contributed by atoms with Crippen LogP contribution in [0.3, 0.4) is 0 Å². The summed E-state index contributed by atoms with van der Waals surface area (Å²) < 4.78 is 24.4. The van der Waals surface area contributed by atoms with Crippen molar-refractivity contribution in [2.24, 2.45) is 5.92 Å². The molecule has 6 heteroatoms. The van der Waals surface area contributed by atoms with Gasteiger partial charge in [-0.25, -0.2) is 4.39 Å². The molecule has 3 nitrogen and oxygen atoms in total. The van der Waals surface area contributed by atoms with Crippen LogP contribution in [0, 0.1) is 11.7 Å². The highest BCUT2D eigenvalue weighted by atomic mass is 35.5. The molecule has 1 heterocycles. The van der Waals surface area contributed by atoms with Gasteiger partial charge in [0, 0.05) is 18.7 Å². The van der Waals surface area contributed by atoms with E-state index < -0.39 is 0 Å². The van der Waals surface area contributed by atoms with Crippen molar-refractivity contribution in [1.29, 1.82) is 0 Å². The van der Waals surface area contributed by atoms with Gasteiger partial charge in [0.05, 0.1) is 12.1 Å². The second-order valence-electron chi connectivity index (χ2n) is 6.88. The molecule has 0 bridgehead atoms. The topological polar surface area (TPSA) is 21.7 Å². The van der Waals surface area contributed by atoms with Gasteiger partial charge in [-0.3, -0.25) is 0 Å². The number of nitrogens with zero attached hydrogens (tertiary/aromatic N) is 1. The van der Waals surface area contributed by atoms with Crippen LogP contribution in [0.4, 0.5) is 4.39 Å². The van der Waals surface area contributed by atoms with Crippen LogP contribution in [0.15, 0.2) is 36.4 Å². The standard InChI is InChI=1S/C21H23ClFNO2S/c1-14-7-9-24(10-8-14)21(27)16-11-18(22)20(19(12-16)25-2)26-13-15-3-5-17(23)6-4-15/h3-6,11-12,14H,7-10,13H2,1-2H3. The number of hydrogen-bond donors (Lipinski definition) is 0. The summed E-state index contributed by atoms with van der Waals surface area (Å²) in [5, 5.41) is 0.444. The molecule has 3 rings (SSSR count). The van der Waals surface area contributed by atoms with Gasteiger partial charge in [0.1, 0.15) is 17.4 Å². The highest BCUT2D eigenvalue weighted by Gasteiger charge is 2.21. The van der Waals surface area contributed by atoms with Gasteiger partial charge < -0.3 is 14.4 Å². The van der Waals surface area contributed by atoms with Crippen LogP contribution < -0.4 is 9.47 Å². The first-order chi connectivity index (χ1) is 13.0. The van der Waals surface area contributed by atoms with Crippen LogP contribution >= 0.6 is 23.8 Å². The number of rotatable bonds is 5. The maximum Gasteiger partial charge on any atom is 0.180 e. The molecule has 0 spiro atoms. The van der Waals surface area contributed by atoms with Crippen LogP contribution in [-0.2, 0) is 6.61 Å². The Hall–Kier alpha value is -1.85. The van der Waals surface area contributed by atoms with Crippen molar-refractivity contribution in [2.45, 2.75) is 26.4 Å². The van der Waals surface area contributed by atoms with E-state index in [-0.39, 0.29) is 12.4 Å². The Labute approximate surface area is 170 Å². The Kier molecular flexibility index (Phi) is 6.55. The highest BCUT2D eigenvalue weighted by Crippen LogP contribution is 2.37. The molecule has 1 saturated heterocycles. The molecule has 0 aliphatic carbocycles. The summed E-state index contributed by atoms with van der Waals surface area (Å²) in [6.45, 7) is 4.46. The molecule has 0 aromatic heterocycles. The van der Waals surface area contributed by atoms with Crippen LogP contribution in [0.25, 0.3) is 0 Å². The third-order valence-corrected chi connectivity index (χ3v) is 5.62. The van der Waals surface area contributed by atoms with E-state index in [4.69, 9.17) is 33.3 Å². The molecule has 1 aliphatic heterocycles. The van der Waals surface area contributed by atoms with Gasteiger partial charge in [-0.05, 0) is 48.6 Å². The number of hydrogen-bond acceptors (Lipinski definition) is 3. The van der Waals surface area contributed by atoms with Crippen molar-refractivity contribution in [2.75, 3.05) is 20.2 Å². The molecule has 0 saturated carbocycles. The fourth-order valence-corrected chi connectivity index (χ4v) is 3.68. The Morgan fingerprint density at radius 3 is 2.52 bits per heavy atom. The zero-order valence-electron chi connectivity index (χ0n) is 15.5. The number of methoxy groups -OCH3 is 1. The predicted octanol–water partition coefficient (Wildman–Crippen LogP) is 5.47. The second-order valence-corrected chi connectivity index (χ2v) is 7.67. The van der Waals surface area contributed by atoms with Gasteiger partial charge in [0.25, 0.3) is 0 Å². The number of likely N-dealkylation sites (tertiary alicyclic amines) is 1. The summed E-state index contributed by atoms with van der Waals surface area (Å²) in [7, 11) is 1.58. The Morgan fingerprint density at radius 2 is 1.89 bits per heavy atom. The third-order valence-electron chi connectivity index (χ3n) is 4.84. The molecule has 0 unspecified atom stereocenters. The van der Waals surface area contributed by atoms with Crippen molar-refractivity contribution in [3.63, 3.8) is 0 Å². The summed E-state index contributed by atoms with van der Waals surface area (Å²) in [4.78, 5) is 3.01. The largest absolute Gasteiger partial charge is 0.493 e. The molecule has 2 aromatic carbocycles. The van der Waals surface area contributed by atoms with Crippen LogP contribution in [0.5, 0.6) is 11.5 Å². The first-order valence-corrected chi connectivity index (χ1v) is 9.80. The summed E-state index contributed by atoms with van der Waals surface area (Å²) in [6.07, 6.45) is 2.29. The lowest BCUT2D eigenvalue weighted by Crippen LogP contribution is -2.37. The first-order valence-electron chi connectivity index (χ1n) is 9.02. The van der Waals surface area contributed by atoms with Gasteiger partial charge in [0.15, 0.2) is 11.5 Å². The first kappa shape index (κ1) is 19.9. The van der Waals surface area contributed by atoms with Crippen molar-refractivity contribution in [3.8, 4) is 11.5 Å². The van der Waals surface area contributed by atoms with Crippen molar-refractivity contribution in [3.05, 3.63) is 58.4 Å². The monoisotopic (exact) mass is 407 g/mol. The second kappa shape index (κ2) is 8.89. The van der Waals surface area contributed by atoms with Crippen molar-refractivity contribution in [1.82, 2.24) is 4.90 Å². The van der Waals surface area contributed by atoms with Crippen molar-refractivity contribution >= 4 is 28.8 Å². The molecule has 2 aromatic rings. The van der Waals surface area contributed by atoms with E-state index >= 15 is 0 Å². The van der Waals surface area contributed by atoms with E-state index in [0.717, 1.165) is 48.0 Å². The molecule has 0 radical (unpaired) electrons. The summed E-state index contributed by atoms with van der Waals surface area (Å²) in [5.41, 5.74) is 1.70. The zero-order valence-corrected chi connectivity index (χ0v) is 17.1. The molecule has 0 N–H and O–H groups in total. The number of thiocarbonyl (C=S) groups is 1. The minimum atomic E-state index is -0.278. The lowest BCUT2D eigenvalue weighted by Gasteiger charge is -2.32. The Morgan fingerprint density at radius 1 is 1.22 bits per heavy atom. The predicted molar refractivity (Wildman–Crippen MR) is 110 cm³/mol. The van der Waals surface area contributed by atoms with Crippen LogP contribution in [0.1, 0.15) is 30.9 Å². The number of benzene rings is 2. The van der Waals surface area contributed by atoms with Crippen molar-refractivity contribution < 1.29 is 13.9 Å². The minimum Gasteiger partial charge on any atom is -0.493 e. The third kappa shape index (κ3) is 4.90. The van der Waals surface area contributed by atoms with E-state index in [1.54, 1.807) is 19.2 Å². The summed E-state index contributed by atoms with van der Waals surface area (Å²) >= 11 is 12.1. The van der Waals surface area contributed by atoms with E-state index in [1.807, 2.05) is 12.1 Å². The lowest BCUT2D eigenvalue weighted by atomic mass is 9.99. The Bertz CT molecular complexity index is 805. The molecular formula is C21H23ClFNO2S. The molecule has 1 fully saturated rings. The van der Waals surface area contributed by atoms with E-state index in [9.17, 15) is 4.39 Å². The van der Waals surface area contributed by atoms with E-state index in [0.29, 0.717) is 16.5 Å². The van der Waals surface area contributed by atoms with Crippen LogP contribution in [-0.4, -0.2) is 30.1 Å². The number of piperidine rings is 1. The number of ether oxygens (including phenoxy) is 2. The van der Waals surface area contributed by atoms with Gasteiger partial charge in [-0.15, -0.1) is 0 Å². The van der Waals surface area contributed by atoms with Crippen LogP contribution in [0.2, 0.25) is 5.02 Å². The zero-order chi connectivity index (χ0) is 19.4. The maximum atomic E-state index is 13.0. The summed E-state index contributed by atoms with van der Waals surface area (Å²) in [6, 6.07) is 9.85. The summed E-state index contributed by atoms with van der Waals surface area (Å²) in [5.74, 6) is 1.46. The number of halogens is 2. The molecular weight excluding hydrogens is 385 g/mol. The smallest absolute Gasteiger partial charge is 0.180 e. The fourth-order valence-electron chi connectivity index (χ4n) is 3.11. The molecule has 27 heavy (non-hydrogen) atoms.